The standard InChI is InChI=1S/C35H33NO4/c1-4-7-26-8-14-29(15-9-26)30-16-22-33(23-17-30)36(31-18-10-27(11-19-31)24-39-34(37)5-2)32-20-12-28(13-21-32)25-40-35(38)6-3/h5-6,8-23H,2-4,7,24-25H2,1H3. The number of aryl methyl sites for hydroxylation is 1. The Hall–Kier alpha value is -4.90. The van der Waals surface area contributed by atoms with E-state index in [1.54, 1.807) is 0 Å². The minimum absolute atomic E-state index is 0.176. The second-order valence-corrected chi connectivity index (χ2v) is 9.29. The summed E-state index contributed by atoms with van der Waals surface area (Å²) in [7, 11) is 0. The van der Waals surface area contributed by atoms with Gasteiger partial charge in [-0.2, -0.15) is 0 Å². The van der Waals surface area contributed by atoms with Crippen LogP contribution in [-0.4, -0.2) is 11.9 Å². The lowest BCUT2D eigenvalue weighted by Gasteiger charge is -2.26. The van der Waals surface area contributed by atoms with Gasteiger partial charge in [-0.15, -0.1) is 0 Å². The highest BCUT2D eigenvalue weighted by Crippen LogP contribution is 2.36. The number of anilines is 3. The van der Waals surface area contributed by atoms with Gasteiger partial charge in [-0.25, -0.2) is 9.59 Å². The highest BCUT2D eigenvalue weighted by atomic mass is 16.5. The first-order valence-electron chi connectivity index (χ1n) is 13.3. The van der Waals surface area contributed by atoms with Crippen LogP contribution < -0.4 is 4.90 Å². The van der Waals surface area contributed by atoms with Crippen molar-refractivity contribution < 1.29 is 19.1 Å². The Morgan fingerprint density at radius 2 is 0.950 bits per heavy atom. The maximum atomic E-state index is 11.5. The molecule has 0 heterocycles. The number of hydrogen-bond donors (Lipinski definition) is 0. The number of benzene rings is 4. The molecule has 40 heavy (non-hydrogen) atoms. The van der Waals surface area contributed by atoms with Crippen LogP contribution in [-0.2, 0) is 38.7 Å². The highest BCUT2D eigenvalue weighted by molar-refractivity contribution is 5.82. The van der Waals surface area contributed by atoms with E-state index in [1.807, 2.05) is 48.5 Å². The number of ether oxygens (including phenoxy) is 2. The molecule has 4 aromatic carbocycles. The molecule has 0 radical (unpaired) electrons. The maximum absolute atomic E-state index is 11.5. The molecule has 4 aromatic rings. The van der Waals surface area contributed by atoms with Crippen molar-refractivity contribution in [3.63, 3.8) is 0 Å². The average molecular weight is 532 g/mol. The molecule has 0 amide bonds. The van der Waals surface area contributed by atoms with Gasteiger partial charge < -0.3 is 14.4 Å². The molecule has 5 heteroatoms. The zero-order chi connectivity index (χ0) is 28.3. The number of rotatable bonds is 12. The third-order valence-corrected chi connectivity index (χ3v) is 6.44. The van der Waals surface area contributed by atoms with Crippen molar-refractivity contribution in [3.8, 4) is 11.1 Å². The van der Waals surface area contributed by atoms with Gasteiger partial charge in [-0.1, -0.05) is 87.2 Å². The van der Waals surface area contributed by atoms with Crippen LogP contribution in [0.25, 0.3) is 11.1 Å². The van der Waals surface area contributed by atoms with Crippen LogP contribution in [0.4, 0.5) is 17.1 Å². The summed E-state index contributed by atoms with van der Waals surface area (Å²) in [6.45, 7) is 9.41. The molecular formula is C35H33NO4. The Morgan fingerprint density at radius 1 is 0.600 bits per heavy atom. The summed E-state index contributed by atoms with van der Waals surface area (Å²) in [6.07, 6.45) is 4.52. The third kappa shape index (κ3) is 7.35. The van der Waals surface area contributed by atoms with Gasteiger partial charge in [0.05, 0.1) is 0 Å². The molecule has 0 N–H and O–H groups in total. The summed E-state index contributed by atoms with van der Waals surface area (Å²) in [5.74, 6) is -0.908. The predicted molar refractivity (Wildman–Crippen MR) is 161 cm³/mol. The molecule has 0 aliphatic rings. The lowest BCUT2D eigenvalue weighted by molar-refractivity contribution is -0.139. The fourth-order valence-corrected chi connectivity index (χ4v) is 4.31. The molecule has 0 fully saturated rings. The molecule has 5 nitrogen and oxygen atoms in total. The number of carbonyl (C=O) groups is 2. The number of esters is 2. The van der Waals surface area contributed by atoms with Crippen molar-refractivity contribution in [1.29, 1.82) is 0 Å². The molecule has 4 rings (SSSR count). The summed E-state index contributed by atoms with van der Waals surface area (Å²) < 4.78 is 10.3. The largest absolute Gasteiger partial charge is 0.458 e. The molecule has 0 unspecified atom stereocenters. The van der Waals surface area contributed by atoms with Crippen LogP contribution in [0.3, 0.4) is 0 Å². The van der Waals surface area contributed by atoms with Gasteiger partial charge in [0.1, 0.15) is 13.2 Å². The highest BCUT2D eigenvalue weighted by Gasteiger charge is 2.14. The fraction of sp³-hybridized carbons (Fsp3) is 0.143. The lowest BCUT2D eigenvalue weighted by Crippen LogP contribution is -2.10. The number of carbonyl (C=O) groups excluding carboxylic acids is 2. The summed E-state index contributed by atoms with van der Waals surface area (Å²) in [4.78, 5) is 25.1. The first kappa shape index (κ1) is 28.1. The predicted octanol–water partition coefficient (Wildman–Crippen LogP) is 8.23. The molecule has 0 atom stereocenters. The van der Waals surface area contributed by atoms with Gasteiger partial charge in [0.2, 0.25) is 0 Å². The van der Waals surface area contributed by atoms with Gasteiger partial charge in [0.25, 0.3) is 0 Å². The lowest BCUT2D eigenvalue weighted by atomic mass is 10.0. The number of hydrogen-bond acceptors (Lipinski definition) is 5. The minimum Gasteiger partial charge on any atom is -0.458 e. The Labute approximate surface area is 236 Å². The molecule has 0 aromatic heterocycles. The quantitative estimate of drug-likeness (QED) is 0.136. The maximum Gasteiger partial charge on any atom is 0.330 e. The van der Waals surface area contributed by atoms with Crippen LogP contribution in [0.5, 0.6) is 0 Å². The van der Waals surface area contributed by atoms with Crippen LogP contribution >= 0.6 is 0 Å². The summed E-state index contributed by atoms with van der Waals surface area (Å²) in [6, 6.07) is 33.0. The van der Waals surface area contributed by atoms with E-state index in [4.69, 9.17) is 9.47 Å². The van der Waals surface area contributed by atoms with Crippen molar-refractivity contribution in [2.75, 3.05) is 4.90 Å². The Bertz CT molecular complexity index is 1370. The zero-order valence-electron chi connectivity index (χ0n) is 22.7. The summed E-state index contributed by atoms with van der Waals surface area (Å²) in [5, 5.41) is 0. The second-order valence-electron chi connectivity index (χ2n) is 9.29. The SMILES string of the molecule is C=CC(=O)OCc1ccc(N(c2ccc(COC(=O)C=C)cc2)c2ccc(-c3ccc(CCC)cc3)cc2)cc1. The molecule has 0 bridgehead atoms. The molecule has 0 saturated heterocycles. The van der Waals surface area contributed by atoms with Gasteiger partial charge in [-0.3, -0.25) is 0 Å². The van der Waals surface area contributed by atoms with Gasteiger partial charge in [0, 0.05) is 29.2 Å². The van der Waals surface area contributed by atoms with Crippen molar-refractivity contribution in [2.45, 2.75) is 33.0 Å². The van der Waals surface area contributed by atoms with Gasteiger partial charge in [0.15, 0.2) is 0 Å². The fourth-order valence-electron chi connectivity index (χ4n) is 4.31. The Balaban J connectivity index is 1.62. The molecule has 0 saturated carbocycles. The van der Waals surface area contributed by atoms with Crippen molar-refractivity contribution in [1.82, 2.24) is 0 Å². The monoisotopic (exact) mass is 531 g/mol. The van der Waals surface area contributed by atoms with Crippen LogP contribution in [0, 0.1) is 0 Å². The van der Waals surface area contributed by atoms with Crippen molar-refractivity contribution in [2.24, 2.45) is 0 Å². The second kappa shape index (κ2) is 13.8. The number of nitrogens with zero attached hydrogens (tertiary/aromatic N) is 1. The zero-order valence-corrected chi connectivity index (χ0v) is 22.7. The topological polar surface area (TPSA) is 55.8 Å². The molecule has 0 aliphatic heterocycles. The minimum atomic E-state index is -0.454. The summed E-state index contributed by atoms with van der Waals surface area (Å²) in [5.41, 5.74) is 8.30. The summed E-state index contributed by atoms with van der Waals surface area (Å²) >= 11 is 0. The Kier molecular flexibility index (Phi) is 9.67. The van der Waals surface area contributed by atoms with E-state index in [0.717, 1.165) is 58.7 Å². The van der Waals surface area contributed by atoms with Crippen LogP contribution in [0.2, 0.25) is 0 Å². The van der Waals surface area contributed by atoms with E-state index >= 15 is 0 Å². The van der Waals surface area contributed by atoms with E-state index in [-0.39, 0.29) is 13.2 Å². The molecule has 0 spiro atoms. The van der Waals surface area contributed by atoms with E-state index in [9.17, 15) is 9.59 Å². The van der Waals surface area contributed by atoms with E-state index < -0.39 is 11.9 Å². The normalized spacial score (nSPS) is 10.4. The van der Waals surface area contributed by atoms with E-state index in [2.05, 4.69) is 73.5 Å². The third-order valence-electron chi connectivity index (χ3n) is 6.44. The molecule has 0 aliphatic carbocycles. The van der Waals surface area contributed by atoms with Crippen LogP contribution in [0.1, 0.15) is 30.0 Å². The van der Waals surface area contributed by atoms with E-state index in [0.29, 0.717) is 0 Å². The van der Waals surface area contributed by atoms with Gasteiger partial charge >= 0.3 is 11.9 Å². The first-order chi connectivity index (χ1) is 19.5. The molecular weight excluding hydrogens is 498 g/mol. The van der Waals surface area contributed by atoms with Gasteiger partial charge in [-0.05, 0) is 70.6 Å². The Morgan fingerprint density at radius 3 is 1.32 bits per heavy atom. The van der Waals surface area contributed by atoms with Crippen molar-refractivity contribution in [3.05, 3.63) is 139 Å². The van der Waals surface area contributed by atoms with E-state index in [1.165, 1.54) is 11.1 Å². The van der Waals surface area contributed by atoms with Crippen LogP contribution in [0.15, 0.2) is 122 Å². The molecule has 202 valence electrons. The average Bonchev–Trinajstić information content (AvgIpc) is 3.01. The smallest absolute Gasteiger partial charge is 0.330 e. The first-order valence-corrected chi connectivity index (χ1v) is 13.3. The van der Waals surface area contributed by atoms with Crippen molar-refractivity contribution >= 4 is 29.0 Å².